The van der Waals surface area contributed by atoms with Crippen LogP contribution in [0.3, 0.4) is 0 Å². The molecule has 0 aliphatic heterocycles. The molecule has 0 aliphatic carbocycles. The number of aromatic hydroxyl groups is 1. The van der Waals surface area contributed by atoms with Crippen molar-refractivity contribution in [2.45, 2.75) is 26.3 Å². The van der Waals surface area contributed by atoms with Crippen LogP contribution in [0.4, 0.5) is 10.5 Å². The van der Waals surface area contributed by atoms with Gasteiger partial charge < -0.3 is 26.8 Å². The van der Waals surface area contributed by atoms with Crippen LogP contribution in [0.25, 0.3) is 11.1 Å². The molecule has 0 saturated heterocycles. The molecule has 0 bridgehead atoms. The largest absolute Gasteiger partial charge is 1.00 e. The van der Waals surface area contributed by atoms with Crippen molar-refractivity contribution in [1.29, 1.82) is 0 Å². The van der Waals surface area contributed by atoms with Gasteiger partial charge in [-0.15, -0.1) is 0 Å². The van der Waals surface area contributed by atoms with E-state index in [4.69, 9.17) is 0 Å². The second kappa shape index (κ2) is 11.8. The van der Waals surface area contributed by atoms with Crippen molar-refractivity contribution in [1.82, 2.24) is 9.88 Å². The Bertz CT molecular complexity index is 1320. The Morgan fingerprint density at radius 3 is 2.34 bits per heavy atom. The number of amides is 2. The van der Waals surface area contributed by atoms with Crippen LogP contribution in [0.5, 0.6) is 5.75 Å². The molecule has 0 fully saturated rings. The summed E-state index contributed by atoms with van der Waals surface area (Å²) in [6.45, 7) is 3.06. The fourth-order valence-corrected chi connectivity index (χ4v) is 3.56. The molecular weight excluding hydrogens is 461 g/mol. The monoisotopic (exact) mass is 487 g/mol. The third-order valence-corrected chi connectivity index (χ3v) is 5.37. The smallest absolute Gasteiger partial charge is 1.00 e. The molecule has 0 aliphatic rings. The predicted octanol–water partition coefficient (Wildman–Crippen LogP) is 0.723. The first kappa shape index (κ1) is 27.8. The van der Waals surface area contributed by atoms with Crippen LogP contribution in [-0.4, -0.2) is 32.6 Å². The number of pyridine rings is 1. The molecule has 1 aromatic heterocycles. The number of aromatic nitrogens is 1. The molecule has 3 aromatic rings. The molecule has 4 N–H and O–H groups in total. The Morgan fingerprint density at radius 1 is 1.09 bits per heavy atom. The van der Waals surface area contributed by atoms with E-state index in [9.17, 15) is 29.4 Å². The molecule has 9 nitrogen and oxygen atoms in total. The first-order valence-corrected chi connectivity index (χ1v) is 10.5. The van der Waals surface area contributed by atoms with Crippen LogP contribution in [-0.2, 0) is 11.8 Å². The number of rotatable bonds is 7. The fourth-order valence-electron chi connectivity index (χ4n) is 3.56. The number of ketones is 1. The van der Waals surface area contributed by atoms with Crippen LogP contribution < -0.4 is 45.8 Å². The summed E-state index contributed by atoms with van der Waals surface area (Å²) in [5, 5.41) is 24.5. The van der Waals surface area contributed by atoms with Crippen molar-refractivity contribution >= 4 is 23.5 Å². The number of aryl methyl sites for hydroxylation is 2. The maximum absolute atomic E-state index is 12.7. The van der Waals surface area contributed by atoms with E-state index in [0.29, 0.717) is 16.7 Å². The average Bonchev–Trinajstić information content (AvgIpc) is 2.80. The molecule has 1 heterocycles. The third-order valence-electron chi connectivity index (χ3n) is 5.37. The normalized spacial score (nSPS) is 11.2. The zero-order valence-electron chi connectivity index (χ0n) is 21.0. The molecule has 178 valence electrons. The van der Waals surface area contributed by atoms with E-state index in [1.54, 1.807) is 49.4 Å². The van der Waals surface area contributed by atoms with E-state index < -0.39 is 30.0 Å². The minimum atomic E-state index is -1.13. The summed E-state index contributed by atoms with van der Waals surface area (Å²) >= 11 is 0. The maximum Gasteiger partial charge on any atom is 1.00 e. The molecule has 2 aromatic carbocycles. The number of nitrogens with zero attached hydrogens (tertiary/aromatic N) is 1. The van der Waals surface area contributed by atoms with Gasteiger partial charge in [0.25, 0.3) is 5.56 Å². The number of nitrogens with one attached hydrogen (secondary N) is 2. The summed E-state index contributed by atoms with van der Waals surface area (Å²) in [5.41, 5.74) is 2.19. The number of hydrogen-bond acceptors (Lipinski definition) is 5. The molecular formula is C25H26N3NaO6. The number of Topliss-reactive ketones (excluding diaryl/α,β-unsaturated/α-hetero) is 1. The second-order valence-electron chi connectivity index (χ2n) is 7.96. The van der Waals surface area contributed by atoms with Crippen molar-refractivity contribution in [2.75, 3.05) is 5.32 Å². The summed E-state index contributed by atoms with van der Waals surface area (Å²) in [6, 6.07) is 12.3. The Hall–Kier alpha value is -3.40. The summed E-state index contributed by atoms with van der Waals surface area (Å²) in [4.78, 5) is 48.0. The molecule has 0 saturated carbocycles. The van der Waals surface area contributed by atoms with Gasteiger partial charge in [-0.05, 0) is 36.6 Å². The molecule has 1 atom stereocenters. The third kappa shape index (κ3) is 6.82. The number of carbonyl (C=O) groups is 3. The van der Waals surface area contributed by atoms with Gasteiger partial charge in [0.15, 0.2) is 11.5 Å². The van der Waals surface area contributed by atoms with Crippen molar-refractivity contribution < 1.29 is 55.6 Å². The molecule has 0 radical (unpaired) electrons. The first-order chi connectivity index (χ1) is 16.1. The van der Waals surface area contributed by atoms with Gasteiger partial charge in [0, 0.05) is 24.4 Å². The summed E-state index contributed by atoms with van der Waals surface area (Å²) in [7, 11) is 1.49. The van der Waals surface area contributed by atoms with Crippen LogP contribution in [0.15, 0.2) is 59.5 Å². The topological polar surface area (TPSA) is 138 Å². The quantitative estimate of drug-likeness (QED) is 0.286. The van der Waals surface area contributed by atoms with Gasteiger partial charge in [0.05, 0.1) is 12.5 Å². The van der Waals surface area contributed by atoms with Gasteiger partial charge in [-0.25, -0.2) is 4.79 Å². The molecule has 2 amide bonds. The van der Waals surface area contributed by atoms with Gasteiger partial charge in [0.2, 0.25) is 0 Å². The van der Waals surface area contributed by atoms with E-state index in [-0.39, 0.29) is 48.2 Å². The van der Waals surface area contributed by atoms with Crippen LogP contribution in [0, 0.1) is 6.92 Å². The number of carbonyl (C=O) groups excluding carboxylic acids is 2. The molecule has 3 rings (SSSR count). The standard InChI is InChI=1S/C25H25N3O6.Na.H/c1-14-13-28(3)24(33)22(23(14)32)27-25(34)26-20(12-21(30)31)19-6-4-5-18(11-19)17-9-7-16(8-10-17)15(2)29;;/h4-11,13,20,32H,12H2,1-3H3,(H,30,31)(H2,26,27,34);;/q;+1;-1. The summed E-state index contributed by atoms with van der Waals surface area (Å²) in [5.74, 6) is -1.54. The van der Waals surface area contributed by atoms with E-state index in [1.165, 1.54) is 24.7 Å². The average molecular weight is 487 g/mol. The van der Waals surface area contributed by atoms with Crippen molar-refractivity contribution in [3.63, 3.8) is 0 Å². The number of urea groups is 1. The number of carboxylic acid groups (broad SMARTS) is 1. The molecule has 1 unspecified atom stereocenters. The van der Waals surface area contributed by atoms with Crippen molar-refractivity contribution in [3.05, 3.63) is 81.8 Å². The van der Waals surface area contributed by atoms with Gasteiger partial charge in [0.1, 0.15) is 5.75 Å². The Morgan fingerprint density at radius 2 is 1.74 bits per heavy atom. The number of aliphatic carboxylic acids is 1. The number of hydrogen-bond donors (Lipinski definition) is 4. The van der Waals surface area contributed by atoms with Crippen LogP contribution in [0.1, 0.15) is 42.3 Å². The van der Waals surface area contributed by atoms with Crippen molar-refractivity contribution in [2.24, 2.45) is 7.05 Å². The maximum atomic E-state index is 12.7. The molecule has 10 heteroatoms. The predicted molar refractivity (Wildman–Crippen MR) is 128 cm³/mol. The first-order valence-electron chi connectivity index (χ1n) is 10.5. The SMILES string of the molecule is CC(=O)c1ccc(-c2cccc(C(CC(=O)O)NC(=O)Nc3c(O)c(C)cn(C)c3=O)c2)cc1.[H-].[Na+]. The number of anilines is 1. The minimum Gasteiger partial charge on any atom is -1.00 e. The van der Waals surface area contributed by atoms with Crippen LogP contribution >= 0.6 is 0 Å². The minimum absolute atomic E-state index is 0. The zero-order valence-corrected chi connectivity index (χ0v) is 22.0. The Balaban J connectivity index is 0.00000324. The van der Waals surface area contributed by atoms with Crippen LogP contribution in [0.2, 0.25) is 0 Å². The number of carboxylic acids is 1. The fraction of sp³-hybridized carbons (Fsp3) is 0.200. The number of benzene rings is 2. The van der Waals surface area contributed by atoms with E-state index in [1.807, 2.05) is 6.07 Å². The molecule has 0 spiro atoms. The van der Waals surface area contributed by atoms with Crippen molar-refractivity contribution in [3.8, 4) is 16.9 Å². The zero-order chi connectivity index (χ0) is 25.0. The van der Waals surface area contributed by atoms with Gasteiger partial charge in [-0.2, -0.15) is 0 Å². The van der Waals surface area contributed by atoms with E-state index in [0.717, 1.165) is 11.1 Å². The van der Waals surface area contributed by atoms with Gasteiger partial charge >= 0.3 is 41.6 Å². The van der Waals surface area contributed by atoms with Gasteiger partial charge in [-0.3, -0.25) is 14.4 Å². The second-order valence-corrected chi connectivity index (χ2v) is 7.96. The molecule has 35 heavy (non-hydrogen) atoms. The summed E-state index contributed by atoms with van der Waals surface area (Å²) < 4.78 is 1.22. The van der Waals surface area contributed by atoms with E-state index >= 15 is 0 Å². The van der Waals surface area contributed by atoms with E-state index in [2.05, 4.69) is 10.6 Å². The summed E-state index contributed by atoms with van der Waals surface area (Å²) in [6.07, 6.45) is 1.03. The van der Waals surface area contributed by atoms with Gasteiger partial charge in [-0.1, -0.05) is 42.5 Å². The Labute approximate surface area is 225 Å². The Kier molecular flexibility index (Phi) is 9.41.